The van der Waals surface area contributed by atoms with Crippen molar-refractivity contribution in [3.8, 4) is 17.2 Å². The van der Waals surface area contributed by atoms with Gasteiger partial charge in [0.2, 0.25) is 0 Å². The number of nitrogens with one attached hydrogen (secondary N) is 1. The van der Waals surface area contributed by atoms with Gasteiger partial charge >= 0.3 is 6.18 Å². The molecule has 0 aliphatic rings. The zero-order valence-corrected chi connectivity index (χ0v) is 11.8. The Bertz CT molecular complexity index is 852. The smallest absolute Gasteiger partial charge is 0.266 e. The number of rotatable bonds is 2. The van der Waals surface area contributed by atoms with E-state index in [-0.39, 0.29) is 16.3 Å². The lowest BCUT2D eigenvalue weighted by atomic mass is 10.1. The fourth-order valence-corrected chi connectivity index (χ4v) is 2.33. The Morgan fingerprint density at radius 1 is 1.05 bits per heavy atom. The minimum absolute atomic E-state index is 0.0670. The quantitative estimate of drug-likeness (QED) is 0.725. The maximum Gasteiger partial charge on any atom is 0.418 e. The second-order valence-corrected chi connectivity index (χ2v) is 4.80. The van der Waals surface area contributed by atoms with Crippen LogP contribution >= 0.6 is 12.2 Å². The second-order valence-electron chi connectivity index (χ2n) is 4.42. The molecule has 3 rings (SSSR count). The predicted molar refractivity (Wildman–Crippen MR) is 77.0 cm³/mol. The molecule has 0 radical (unpaired) electrons. The summed E-state index contributed by atoms with van der Waals surface area (Å²) in [6.45, 7) is 0. The molecule has 0 atom stereocenters. The SMILES string of the molecule is FC(F)(F)c1ccccc1-n1c(-c2ccccn2)n[nH]c1=S. The highest BCUT2D eigenvalue weighted by molar-refractivity contribution is 7.71. The van der Waals surface area contributed by atoms with E-state index in [0.29, 0.717) is 5.69 Å². The molecule has 0 saturated heterocycles. The van der Waals surface area contributed by atoms with Gasteiger partial charge in [0.05, 0.1) is 11.3 Å². The summed E-state index contributed by atoms with van der Waals surface area (Å²) in [5.41, 5.74) is -0.453. The number of hydrogen-bond acceptors (Lipinski definition) is 3. The summed E-state index contributed by atoms with van der Waals surface area (Å²) >= 11 is 5.09. The van der Waals surface area contributed by atoms with Crippen LogP contribution in [0.1, 0.15) is 5.56 Å². The monoisotopic (exact) mass is 322 g/mol. The molecular formula is C14H9F3N4S. The lowest BCUT2D eigenvalue weighted by molar-refractivity contribution is -0.137. The van der Waals surface area contributed by atoms with Gasteiger partial charge in [-0.3, -0.25) is 14.6 Å². The van der Waals surface area contributed by atoms with E-state index in [2.05, 4.69) is 15.2 Å². The lowest BCUT2D eigenvalue weighted by Gasteiger charge is -2.14. The van der Waals surface area contributed by atoms with E-state index in [1.807, 2.05) is 0 Å². The molecule has 8 heteroatoms. The third-order valence-electron chi connectivity index (χ3n) is 3.02. The first kappa shape index (κ1) is 14.5. The molecule has 1 N–H and O–H groups in total. The minimum atomic E-state index is -4.50. The number of H-pyrrole nitrogens is 1. The highest BCUT2D eigenvalue weighted by Gasteiger charge is 2.34. The summed E-state index contributed by atoms with van der Waals surface area (Å²) in [5.74, 6) is 0.224. The summed E-state index contributed by atoms with van der Waals surface area (Å²) in [4.78, 5) is 4.11. The van der Waals surface area contributed by atoms with Crippen molar-refractivity contribution in [2.75, 3.05) is 0 Å². The number of nitrogens with zero attached hydrogens (tertiary/aromatic N) is 3. The van der Waals surface area contributed by atoms with Crippen molar-refractivity contribution in [1.29, 1.82) is 0 Å². The van der Waals surface area contributed by atoms with E-state index in [1.165, 1.54) is 29.0 Å². The first-order chi connectivity index (χ1) is 10.5. The molecule has 0 aliphatic heterocycles. The van der Waals surface area contributed by atoms with Crippen LogP contribution in [-0.2, 0) is 6.18 Å². The Kier molecular flexibility index (Phi) is 3.53. The van der Waals surface area contributed by atoms with Gasteiger partial charge in [0.1, 0.15) is 5.69 Å². The average molecular weight is 322 g/mol. The molecule has 0 unspecified atom stereocenters. The van der Waals surface area contributed by atoms with Crippen LogP contribution in [0.5, 0.6) is 0 Å². The fraction of sp³-hybridized carbons (Fsp3) is 0.0714. The molecule has 0 spiro atoms. The largest absolute Gasteiger partial charge is 0.418 e. The van der Waals surface area contributed by atoms with Crippen LogP contribution in [0.3, 0.4) is 0 Å². The Morgan fingerprint density at radius 2 is 1.77 bits per heavy atom. The number of para-hydroxylation sites is 1. The van der Waals surface area contributed by atoms with Gasteiger partial charge in [-0.25, -0.2) is 0 Å². The Labute approximate surface area is 128 Å². The molecule has 2 aromatic heterocycles. The minimum Gasteiger partial charge on any atom is -0.266 e. The highest BCUT2D eigenvalue weighted by atomic mass is 32.1. The summed E-state index contributed by atoms with van der Waals surface area (Å²) in [6, 6.07) is 10.3. The molecule has 0 aliphatic carbocycles. The average Bonchev–Trinajstić information content (AvgIpc) is 2.89. The molecule has 3 aromatic rings. The summed E-state index contributed by atoms with van der Waals surface area (Å²) in [7, 11) is 0. The first-order valence-corrected chi connectivity index (χ1v) is 6.65. The van der Waals surface area contributed by atoms with Crippen LogP contribution < -0.4 is 0 Å². The third kappa shape index (κ3) is 2.52. The van der Waals surface area contributed by atoms with E-state index in [0.717, 1.165) is 6.07 Å². The van der Waals surface area contributed by atoms with Crippen LogP contribution in [0.4, 0.5) is 13.2 Å². The Morgan fingerprint density at radius 3 is 2.45 bits per heavy atom. The van der Waals surface area contributed by atoms with E-state index in [4.69, 9.17) is 12.2 Å². The highest BCUT2D eigenvalue weighted by Crippen LogP contribution is 2.35. The normalized spacial score (nSPS) is 11.6. The molecule has 0 fully saturated rings. The van der Waals surface area contributed by atoms with Crippen molar-refractivity contribution in [2.45, 2.75) is 6.18 Å². The number of aromatic amines is 1. The van der Waals surface area contributed by atoms with Crippen LogP contribution in [0.15, 0.2) is 48.7 Å². The van der Waals surface area contributed by atoms with Gasteiger partial charge in [-0.1, -0.05) is 18.2 Å². The van der Waals surface area contributed by atoms with E-state index < -0.39 is 11.7 Å². The molecule has 22 heavy (non-hydrogen) atoms. The fourth-order valence-electron chi connectivity index (χ4n) is 2.10. The van der Waals surface area contributed by atoms with Gasteiger partial charge in [-0.05, 0) is 36.5 Å². The number of benzene rings is 1. The first-order valence-electron chi connectivity index (χ1n) is 6.24. The molecule has 0 bridgehead atoms. The Balaban J connectivity index is 2.28. The maximum atomic E-state index is 13.2. The molecule has 112 valence electrons. The van der Waals surface area contributed by atoms with Gasteiger partial charge in [0.15, 0.2) is 10.6 Å². The molecule has 0 amide bonds. The van der Waals surface area contributed by atoms with Crippen molar-refractivity contribution in [1.82, 2.24) is 19.7 Å². The zero-order chi connectivity index (χ0) is 15.7. The topological polar surface area (TPSA) is 46.5 Å². The van der Waals surface area contributed by atoms with Crippen molar-refractivity contribution < 1.29 is 13.2 Å². The van der Waals surface area contributed by atoms with Gasteiger partial charge < -0.3 is 0 Å². The van der Waals surface area contributed by atoms with Crippen molar-refractivity contribution in [3.63, 3.8) is 0 Å². The van der Waals surface area contributed by atoms with Gasteiger partial charge in [-0.15, -0.1) is 0 Å². The van der Waals surface area contributed by atoms with E-state index >= 15 is 0 Å². The van der Waals surface area contributed by atoms with E-state index in [9.17, 15) is 13.2 Å². The maximum absolute atomic E-state index is 13.2. The molecule has 1 aromatic carbocycles. The third-order valence-corrected chi connectivity index (χ3v) is 3.29. The van der Waals surface area contributed by atoms with Crippen molar-refractivity contribution in [3.05, 3.63) is 59.0 Å². The number of hydrogen-bond donors (Lipinski definition) is 1. The van der Waals surface area contributed by atoms with Crippen LogP contribution in [-0.4, -0.2) is 19.7 Å². The summed E-state index contributed by atoms with van der Waals surface area (Å²) in [5, 5.41) is 6.52. The number of pyridine rings is 1. The zero-order valence-electron chi connectivity index (χ0n) is 11.0. The lowest BCUT2D eigenvalue weighted by Crippen LogP contribution is -2.11. The molecular weight excluding hydrogens is 313 g/mol. The van der Waals surface area contributed by atoms with E-state index in [1.54, 1.807) is 18.2 Å². The molecule has 4 nitrogen and oxygen atoms in total. The predicted octanol–water partition coefficient (Wildman–Crippen LogP) is 4.01. The van der Waals surface area contributed by atoms with Gasteiger partial charge in [-0.2, -0.15) is 18.3 Å². The number of alkyl halides is 3. The van der Waals surface area contributed by atoms with Crippen LogP contribution in [0, 0.1) is 4.77 Å². The van der Waals surface area contributed by atoms with Crippen molar-refractivity contribution in [2.24, 2.45) is 0 Å². The van der Waals surface area contributed by atoms with Gasteiger partial charge in [0, 0.05) is 6.20 Å². The van der Waals surface area contributed by atoms with Crippen LogP contribution in [0.25, 0.3) is 17.2 Å². The van der Waals surface area contributed by atoms with Crippen molar-refractivity contribution >= 4 is 12.2 Å². The standard InChI is InChI=1S/C14H9F3N4S/c15-14(16,17)9-5-1-2-7-11(9)21-12(19-20-13(21)22)10-6-3-4-8-18-10/h1-8H,(H,20,22). The molecule has 2 heterocycles. The number of aromatic nitrogens is 4. The number of halogens is 3. The Hall–Kier alpha value is -2.48. The summed E-state index contributed by atoms with van der Waals surface area (Å²) in [6.07, 6.45) is -2.96. The molecule has 0 saturated carbocycles. The van der Waals surface area contributed by atoms with Gasteiger partial charge in [0.25, 0.3) is 0 Å². The van der Waals surface area contributed by atoms with Crippen LogP contribution in [0.2, 0.25) is 0 Å². The summed E-state index contributed by atoms with van der Waals surface area (Å²) < 4.78 is 40.9. The second kappa shape index (κ2) is 5.38.